The molecule has 0 aromatic carbocycles. The molecule has 0 aromatic rings. The maximum Gasteiger partial charge on any atom is 0.217 e. The molecule has 19 heavy (non-hydrogen) atoms. The Hall–Kier alpha value is 0.140. The second-order valence-corrected chi connectivity index (χ2v) is 7.32. The van der Waals surface area contributed by atoms with Crippen LogP contribution in [0.3, 0.4) is 0 Å². The predicted octanol–water partition coefficient (Wildman–Crippen LogP) is 0.791. The third kappa shape index (κ3) is 20.6. The molecule has 0 atom stereocenters. The van der Waals surface area contributed by atoms with Gasteiger partial charge < -0.3 is 14.0 Å². The second-order valence-electron chi connectivity index (χ2n) is 3.31. The van der Waals surface area contributed by atoms with E-state index in [-0.39, 0.29) is 13.2 Å². The van der Waals surface area contributed by atoms with E-state index < -0.39 is 10.4 Å². The van der Waals surface area contributed by atoms with Crippen LogP contribution >= 0.6 is 0 Å². The van der Waals surface area contributed by atoms with Gasteiger partial charge in [-0.2, -0.15) is 0 Å². The lowest BCUT2D eigenvalue weighted by Crippen LogP contribution is -2.12. The lowest BCUT2D eigenvalue weighted by Gasteiger charge is -2.07. The van der Waals surface area contributed by atoms with E-state index in [2.05, 4.69) is 29.7 Å². The molecule has 0 unspecified atom stereocenters. The van der Waals surface area contributed by atoms with Crippen molar-refractivity contribution in [2.75, 3.05) is 50.8 Å². The molecule has 0 amide bonds. The first-order valence-corrected chi connectivity index (χ1v) is 9.28. The molecule has 6 nitrogen and oxygen atoms in total. The first-order valence-electron chi connectivity index (χ1n) is 6.22. The van der Waals surface area contributed by atoms with E-state index in [0.29, 0.717) is 13.2 Å². The summed E-state index contributed by atoms with van der Waals surface area (Å²) in [6, 6.07) is 0. The van der Waals surface area contributed by atoms with Crippen molar-refractivity contribution in [1.29, 1.82) is 0 Å². The molecule has 8 heteroatoms. The molecule has 0 saturated carbocycles. The van der Waals surface area contributed by atoms with Crippen LogP contribution in [0.15, 0.2) is 0 Å². The van der Waals surface area contributed by atoms with Gasteiger partial charge in [0.1, 0.15) is 17.3 Å². The van der Waals surface area contributed by atoms with Crippen LogP contribution in [-0.2, 0) is 35.0 Å². The Bertz CT molecular complexity index is 259. The maximum atomic E-state index is 9.86. The lowest BCUT2D eigenvalue weighted by atomic mass is 10.7. The Balaban J connectivity index is 0. The van der Waals surface area contributed by atoms with Crippen LogP contribution in [0.4, 0.5) is 0 Å². The van der Waals surface area contributed by atoms with E-state index in [1.807, 2.05) is 0 Å². The van der Waals surface area contributed by atoms with Crippen molar-refractivity contribution in [3.63, 3.8) is 0 Å². The summed E-state index contributed by atoms with van der Waals surface area (Å²) in [4.78, 5) is 0. The number of ether oxygens (including phenoxy) is 2. The normalized spacial score (nSPS) is 11.3. The highest BCUT2D eigenvalue weighted by atomic mass is 32.3. The number of methoxy groups -OCH3 is 1. The van der Waals surface area contributed by atoms with E-state index in [4.69, 9.17) is 4.74 Å². The molecule has 0 aromatic heterocycles. The fourth-order valence-corrected chi connectivity index (χ4v) is 2.55. The molecule has 118 valence electrons. The molecule has 0 aliphatic heterocycles. The van der Waals surface area contributed by atoms with Gasteiger partial charge in [0.2, 0.25) is 10.4 Å². The summed E-state index contributed by atoms with van der Waals surface area (Å²) >= 11 is 0. The Kier molecular flexibility index (Phi) is 16.4. The van der Waals surface area contributed by atoms with E-state index in [9.17, 15) is 13.0 Å². The number of hydrogen-bond acceptors (Lipinski definition) is 6. The van der Waals surface area contributed by atoms with Crippen molar-refractivity contribution in [1.82, 2.24) is 0 Å². The minimum Gasteiger partial charge on any atom is -0.726 e. The summed E-state index contributed by atoms with van der Waals surface area (Å²) in [6.45, 7) is 7.39. The van der Waals surface area contributed by atoms with Gasteiger partial charge in [-0.25, -0.2) is 8.42 Å². The summed E-state index contributed by atoms with van der Waals surface area (Å²) in [5.41, 5.74) is 0. The maximum absolute atomic E-state index is 9.86. The zero-order valence-electron chi connectivity index (χ0n) is 12.2. The van der Waals surface area contributed by atoms with Crippen LogP contribution in [0, 0.1) is 0 Å². The van der Waals surface area contributed by atoms with Crippen molar-refractivity contribution in [3.8, 4) is 0 Å². The van der Waals surface area contributed by atoms with Crippen LogP contribution in [0.2, 0.25) is 0 Å². The standard InChI is InChI=1S/C6H15S.C5H12O6S/c1-4-7(5-2)6-3;1-9-2-3-10-4-5-11-12(6,7)8/h4-6H2,1-3H3;2-5H2,1H3,(H,6,7,8)/q+1;/p-1. The largest absolute Gasteiger partial charge is 0.726 e. The molecule has 0 spiro atoms. The SMILES string of the molecule is CC[S+](CC)CC.COCCOCCOS(=O)(=O)[O-]. The minimum absolute atomic E-state index is 0.0603. The van der Waals surface area contributed by atoms with Gasteiger partial charge in [-0.1, -0.05) is 0 Å². The van der Waals surface area contributed by atoms with Gasteiger partial charge in [-0.15, -0.1) is 0 Å². The van der Waals surface area contributed by atoms with Gasteiger partial charge in [0, 0.05) is 7.11 Å². The third-order valence-electron chi connectivity index (χ3n) is 2.11. The molecule has 0 aliphatic rings. The van der Waals surface area contributed by atoms with Crippen molar-refractivity contribution in [2.24, 2.45) is 0 Å². The molecule has 0 saturated heterocycles. The van der Waals surface area contributed by atoms with Gasteiger partial charge in [0.15, 0.2) is 0 Å². The fourth-order valence-electron chi connectivity index (χ4n) is 1.05. The first-order chi connectivity index (χ1) is 8.91. The van der Waals surface area contributed by atoms with Crippen LogP contribution in [0.5, 0.6) is 0 Å². The topological polar surface area (TPSA) is 84.9 Å². The molecule has 0 radical (unpaired) electrons. The van der Waals surface area contributed by atoms with Crippen LogP contribution in [-0.4, -0.2) is 63.8 Å². The Morgan fingerprint density at radius 2 is 1.42 bits per heavy atom. The molecular formula is C11H26O6S2. The van der Waals surface area contributed by atoms with Crippen molar-refractivity contribution >= 4 is 21.3 Å². The average Bonchev–Trinajstić information content (AvgIpc) is 2.35. The predicted molar refractivity (Wildman–Crippen MR) is 77.3 cm³/mol. The highest BCUT2D eigenvalue weighted by Gasteiger charge is 2.05. The molecule has 0 rings (SSSR count). The Morgan fingerprint density at radius 3 is 1.74 bits per heavy atom. The van der Waals surface area contributed by atoms with Crippen LogP contribution in [0.25, 0.3) is 0 Å². The van der Waals surface area contributed by atoms with Gasteiger partial charge >= 0.3 is 0 Å². The number of rotatable bonds is 10. The van der Waals surface area contributed by atoms with Crippen molar-refractivity contribution < 1.29 is 26.6 Å². The second kappa shape index (κ2) is 14.5. The van der Waals surface area contributed by atoms with Gasteiger partial charge in [0.25, 0.3) is 0 Å². The molecule has 0 bridgehead atoms. The molecule has 0 fully saturated rings. The molecule has 0 aliphatic carbocycles. The Labute approximate surface area is 120 Å². The Morgan fingerprint density at radius 1 is 0.947 bits per heavy atom. The monoisotopic (exact) mass is 318 g/mol. The third-order valence-corrected chi connectivity index (χ3v) is 5.02. The smallest absolute Gasteiger partial charge is 0.217 e. The summed E-state index contributed by atoms with van der Waals surface area (Å²) in [5, 5.41) is 0. The molecule has 0 N–H and O–H groups in total. The highest BCUT2D eigenvalue weighted by Crippen LogP contribution is 1.92. The van der Waals surface area contributed by atoms with Gasteiger partial charge in [-0.05, 0) is 31.7 Å². The summed E-state index contributed by atoms with van der Waals surface area (Å²) in [5.74, 6) is 4.15. The van der Waals surface area contributed by atoms with E-state index in [1.54, 1.807) is 0 Å². The van der Waals surface area contributed by atoms with E-state index in [1.165, 1.54) is 24.4 Å². The summed E-state index contributed by atoms with van der Waals surface area (Å²) in [7, 11) is -2.31. The summed E-state index contributed by atoms with van der Waals surface area (Å²) < 4.78 is 42.9. The van der Waals surface area contributed by atoms with E-state index in [0.717, 1.165) is 10.9 Å². The fraction of sp³-hybridized carbons (Fsp3) is 1.00. The van der Waals surface area contributed by atoms with Gasteiger partial charge in [0.05, 0.1) is 26.4 Å². The highest BCUT2D eigenvalue weighted by molar-refractivity contribution is 7.96. The zero-order valence-corrected chi connectivity index (χ0v) is 13.8. The zero-order chi connectivity index (χ0) is 15.1. The molecular weight excluding hydrogens is 292 g/mol. The van der Waals surface area contributed by atoms with Crippen molar-refractivity contribution in [3.05, 3.63) is 0 Å². The van der Waals surface area contributed by atoms with Crippen LogP contribution in [0.1, 0.15) is 20.8 Å². The van der Waals surface area contributed by atoms with E-state index >= 15 is 0 Å². The van der Waals surface area contributed by atoms with Crippen molar-refractivity contribution in [2.45, 2.75) is 20.8 Å². The minimum atomic E-state index is -4.58. The first kappa shape index (κ1) is 21.4. The average molecular weight is 318 g/mol. The van der Waals surface area contributed by atoms with Gasteiger partial charge in [-0.3, -0.25) is 4.18 Å². The summed E-state index contributed by atoms with van der Waals surface area (Å²) in [6.07, 6.45) is 0. The quantitative estimate of drug-likeness (QED) is 0.256. The number of hydrogen-bond donors (Lipinski definition) is 0. The van der Waals surface area contributed by atoms with Crippen LogP contribution < -0.4 is 0 Å². The lowest BCUT2D eigenvalue weighted by molar-refractivity contribution is 0.0532. The molecule has 0 heterocycles.